The van der Waals surface area contributed by atoms with Gasteiger partial charge in [-0.25, -0.2) is 9.59 Å². The number of aliphatic hydroxyl groups is 1. The van der Waals surface area contributed by atoms with E-state index in [0.717, 1.165) is 36.0 Å². The van der Waals surface area contributed by atoms with Crippen LogP contribution in [0.1, 0.15) is 45.5 Å². The SMILES string of the molecule is O=C(O)c1ccc(-c2ccc(C(=O)O)cc2CCCCCO)cc1. The molecule has 2 rings (SSSR count). The van der Waals surface area contributed by atoms with Crippen LogP contribution in [0.3, 0.4) is 0 Å². The minimum absolute atomic E-state index is 0.151. The van der Waals surface area contributed by atoms with Gasteiger partial charge in [0.15, 0.2) is 0 Å². The molecule has 0 aliphatic rings. The van der Waals surface area contributed by atoms with Gasteiger partial charge >= 0.3 is 11.9 Å². The number of unbranched alkanes of at least 4 members (excludes halogenated alkanes) is 2. The summed E-state index contributed by atoms with van der Waals surface area (Å²) in [6, 6.07) is 11.5. The smallest absolute Gasteiger partial charge is 0.335 e. The Bertz CT molecular complexity index is 719. The number of rotatable bonds is 8. The Morgan fingerprint density at radius 2 is 1.42 bits per heavy atom. The van der Waals surface area contributed by atoms with Crippen molar-refractivity contribution >= 4 is 11.9 Å². The number of aliphatic hydroxyl groups excluding tert-OH is 1. The van der Waals surface area contributed by atoms with E-state index in [4.69, 9.17) is 10.2 Å². The van der Waals surface area contributed by atoms with E-state index in [1.807, 2.05) is 0 Å². The van der Waals surface area contributed by atoms with Crippen LogP contribution in [0, 0.1) is 0 Å². The molecule has 0 atom stereocenters. The minimum Gasteiger partial charge on any atom is -0.478 e. The second kappa shape index (κ2) is 8.26. The molecular weight excluding hydrogens is 308 g/mol. The molecule has 0 aromatic heterocycles. The average Bonchev–Trinajstić information content (AvgIpc) is 2.58. The van der Waals surface area contributed by atoms with Gasteiger partial charge < -0.3 is 15.3 Å². The number of carboxylic acids is 2. The first-order valence-electron chi connectivity index (χ1n) is 7.83. The molecule has 24 heavy (non-hydrogen) atoms. The van der Waals surface area contributed by atoms with Crippen LogP contribution in [0.15, 0.2) is 42.5 Å². The summed E-state index contributed by atoms with van der Waals surface area (Å²) >= 11 is 0. The van der Waals surface area contributed by atoms with Gasteiger partial charge in [-0.2, -0.15) is 0 Å². The second-order valence-corrected chi connectivity index (χ2v) is 5.59. The zero-order valence-corrected chi connectivity index (χ0v) is 13.2. The van der Waals surface area contributed by atoms with Gasteiger partial charge in [0, 0.05) is 6.61 Å². The van der Waals surface area contributed by atoms with Gasteiger partial charge in [0.05, 0.1) is 11.1 Å². The molecule has 0 fully saturated rings. The molecule has 0 saturated carbocycles. The molecule has 0 aliphatic carbocycles. The summed E-state index contributed by atoms with van der Waals surface area (Å²) in [5, 5.41) is 27.0. The van der Waals surface area contributed by atoms with Crippen LogP contribution in [0.5, 0.6) is 0 Å². The van der Waals surface area contributed by atoms with Gasteiger partial charge in [-0.3, -0.25) is 0 Å². The van der Waals surface area contributed by atoms with E-state index < -0.39 is 11.9 Å². The lowest BCUT2D eigenvalue weighted by Gasteiger charge is -2.11. The van der Waals surface area contributed by atoms with Crippen molar-refractivity contribution in [1.29, 1.82) is 0 Å². The Hall–Kier alpha value is -2.66. The Morgan fingerprint density at radius 1 is 0.792 bits per heavy atom. The number of benzene rings is 2. The summed E-state index contributed by atoms with van der Waals surface area (Å²) in [5.41, 5.74) is 3.12. The molecular formula is C19H20O5. The number of carboxylic acid groups (broad SMARTS) is 2. The average molecular weight is 328 g/mol. The van der Waals surface area contributed by atoms with Crippen LogP contribution in [-0.4, -0.2) is 33.9 Å². The number of aryl methyl sites for hydroxylation is 1. The Morgan fingerprint density at radius 3 is 2.00 bits per heavy atom. The third kappa shape index (κ3) is 4.43. The van der Waals surface area contributed by atoms with Crippen molar-refractivity contribution in [3.05, 3.63) is 59.2 Å². The summed E-state index contributed by atoms with van der Waals surface area (Å²) < 4.78 is 0. The monoisotopic (exact) mass is 328 g/mol. The maximum Gasteiger partial charge on any atom is 0.335 e. The standard InChI is InChI=1S/C19H20O5/c20-11-3-1-2-4-15-12-16(19(23)24)9-10-17(15)13-5-7-14(8-6-13)18(21)22/h5-10,12,20H,1-4,11H2,(H,21,22)(H,23,24). The molecule has 0 heterocycles. The molecule has 126 valence electrons. The van der Waals surface area contributed by atoms with E-state index in [1.165, 1.54) is 12.1 Å². The van der Waals surface area contributed by atoms with E-state index in [2.05, 4.69) is 0 Å². The lowest BCUT2D eigenvalue weighted by atomic mass is 9.93. The minimum atomic E-state index is -0.980. The third-order valence-corrected chi connectivity index (χ3v) is 3.90. The van der Waals surface area contributed by atoms with E-state index in [9.17, 15) is 14.7 Å². The van der Waals surface area contributed by atoms with Gasteiger partial charge in [0.25, 0.3) is 0 Å². The summed E-state index contributed by atoms with van der Waals surface area (Å²) in [7, 11) is 0. The van der Waals surface area contributed by atoms with Gasteiger partial charge in [0.1, 0.15) is 0 Å². The lowest BCUT2D eigenvalue weighted by molar-refractivity contribution is 0.0686. The molecule has 5 heteroatoms. The Kier molecular flexibility index (Phi) is 6.09. The van der Waals surface area contributed by atoms with E-state index in [-0.39, 0.29) is 17.7 Å². The van der Waals surface area contributed by atoms with E-state index in [0.29, 0.717) is 6.42 Å². The molecule has 0 saturated heterocycles. The third-order valence-electron chi connectivity index (χ3n) is 3.90. The zero-order chi connectivity index (χ0) is 17.5. The highest BCUT2D eigenvalue weighted by molar-refractivity contribution is 5.90. The van der Waals surface area contributed by atoms with Crippen LogP contribution < -0.4 is 0 Å². The van der Waals surface area contributed by atoms with Crippen LogP contribution >= 0.6 is 0 Å². The molecule has 2 aromatic rings. The predicted molar refractivity (Wildman–Crippen MR) is 90.4 cm³/mol. The molecule has 0 amide bonds. The van der Waals surface area contributed by atoms with Crippen LogP contribution in [-0.2, 0) is 6.42 Å². The van der Waals surface area contributed by atoms with Gasteiger partial charge in [0.2, 0.25) is 0 Å². The fourth-order valence-corrected chi connectivity index (χ4v) is 2.61. The number of aromatic carboxylic acids is 2. The highest BCUT2D eigenvalue weighted by Gasteiger charge is 2.11. The van der Waals surface area contributed by atoms with Crippen molar-refractivity contribution in [2.45, 2.75) is 25.7 Å². The Labute approximate surface area is 140 Å². The largest absolute Gasteiger partial charge is 0.478 e. The predicted octanol–water partition coefficient (Wildman–Crippen LogP) is 3.46. The van der Waals surface area contributed by atoms with Crippen molar-refractivity contribution < 1.29 is 24.9 Å². The van der Waals surface area contributed by atoms with Crippen LogP contribution in [0.25, 0.3) is 11.1 Å². The molecule has 2 aromatic carbocycles. The normalized spacial score (nSPS) is 10.5. The number of carbonyl (C=O) groups is 2. The molecule has 0 spiro atoms. The quantitative estimate of drug-likeness (QED) is 0.645. The fraction of sp³-hybridized carbons (Fsp3) is 0.263. The first kappa shape index (κ1) is 17.7. The summed E-state index contributed by atoms with van der Waals surface area (Å²) in [4.78, 5) is 22.2. The van der Waals surface area contributed by atoms with Gasteiger partial charge in [-0.05, 0) is 60.2 Å². The lowest BCUT2D eigenvalue weighted by Crippen LogP contribution is -2.00. The highest BCUT2D eigenvalue weighted by atomic mass is 16.4. The fourth-order valence-electron chi connectivity index (χ4n) is 2.61. The summed E-state index contributed by atoms with van der Waals surface area (Å²) in [5.74, 6) is -1.95. The van der Waals surface area contributed by atoms with Crippen molar-refractivity contribution in [2.75, 3.05) is 6.61 Å². The summed E-state index contributed by atoms with van der Waals surface area (Å²) in [6.45, 7) is 0.151. The second-order valence-electron chi connectivity index (χ2n) is 5.59. The number of hydrogen-bond acceptors (Lipinski definition) is 3. The van der Waals surface area contributed by atoms with Crippen molar-refractivity contribution in [1.82, 2.24) is 0 Å². The van der Waals surface area contributed by atoms with E-state index >= 15 is 0 Å². The van der Waals surface area contributed by atoms with Gasteiger partial charge in [-0.1, -0.05) is 24.6 Å². The number of hydrogen-bond donors (Lipinski definition) is 3. The zero-order valence-electron chi connectivity index (χ0n) is 13.2. The molecule has 0 bridgehead atoms. The van der Waals surface area contributed by atoms with E-state index in [1.54, 1.807) is 30.3 Å². The van der Waals surface area contributed by atoms with Crippen LogP contribution in [0.2, 0.25) is 0 Å². The molecule has 0 radical (unpaired) electrons. The molecule has 0 unspecified atom stereocenters. The maximum absolute atomic E-state index is 11.2. The topological polar surface area (TPSA) is 94.8 Å². The molecule has 0 aliphatic heterocycles. The first-order valence-corrected chi connectivity index (χ1v) is 7.83. The Balaban J connectivity index is 2.32. The molecule has 5 nitrogen and oxygen atoms in total. The van der Waals surface area contributed by atoms with Crippen LogP contribution in [0.4, 0.5) is 0 Å². The maximum atomic E-state index is 11.2. The first-order chi connectivity index (χ1) is 11.5. The van der Waals surface area contributed by atoms with Crippen molar-refractivity contribution in [3.8, 4) is 11.1 Å². The van der Waals surface area contributed by atoms with Crippen molar-refractivity contribution in [2.24, 2.45) is 0 Å². The van der Waals surface area contributed by atoms with Crippen molar-refractivity contribution in [3.63, 3.8) is 0 Å². The highest BCUT2D eigenvalue weighted by Crippen LogP contribution is 2.27. The molecule has 3 N–H and O–H groups in total. The summed E-state index contributed by atoms with van der Waals surface area (Å²) in [6.07, 6.45) is 3.15. The van der Waals surface area contributed by atoms with Gasteiger partial charge in [-0.15, -0.1) is 0 Å².